The molecule has 0 aromatic carbocycles. The van der Waals surface area contributed by atoms with Crippen LogP contribution in [0.2, 0.25) is 0 Å². The first kappa shape index (κ1) is 24.2. The third-order valence-electron chi connectivity index (χ3n) is 5.11. The third-order valence-corrected chi connectivity index (χ3v) is 5.59. The van der Waals surface area contributed by atoms with Gasteiger partial charge in [0.25, 0.3) is 0 Å². The van der Waals surface area contributed by atoms with Crippen LogP contribution >= 0.6 is 12.2 Å². The Bertz CT molecular complexity index is 691. The molecule has 0 aliphatic carbocycles. The van der Waals surface area contributed by atoms with Gasteiger partial charge in [0.15, 0.2) is 0 Å². The number of carbonyl (C=O) groups excluding carboxylic acids is 3. The fourth-order valence-electron chi connectivity index (χ4n) is 3.41. The van der Waals surface area contributed by atoms with Crippen molar-refractivity contribution in [2.24, 2.45) is 17.6 Å². The van der Waals surface area contributed by atoms with Gasteiger partial charge in [-0.3, -0.25) is 4.79 Å². The summed E-state index contributed by atoms with van der Waals surface area (Å²) in [4.78, 5) is 39.7. The molecular formula is C20H34N4O5S. The molecular weight excluding hydrogens is 408 g/mol. The van der Waals surface area contributed by atoms with Gasteiger partial charge in [-0.2, -0.15) is 0 Å². The third kappa shape index (κ3) is 7.00. The summed E-state index contributed by atoms with van der Waals surface area (Å²) < 4.78 is 11.0. The van der Waals surface area contributed by atoms with E-state index in [1.807, 2.05) is 20.8 Å². The Morgan fingerprint density at radius 3 is 1.97 bits per heavy atom. The van der Waals surface area contributed by atoms with Crippen molar-refractivity contribution < 1.29 is 23.9 Å². The highest BCUT2D eigenvalue weighted by Gasteiger charge is 2.35. The Kier molecular flexibility index (Phi) is 7.54. The molecule has 2 fully saturated rings. The Morgan fingerprint density at radius 1 is 0.967 bits per heavy atom. The number of likely N-dealkylation sites (tertiary alicyclic amines) is 2. The van der Waals surface area contributed by atoms with Crippen molar-refractivity contribution in [1.29, 1.82) is 0 Å². The molecule has 0 bridgehead atoms. The summed E-state index contributed by atoms with van der Waals surface area (Å²) in [5, 5.41) is 3.18. The van der Waals surface area contributed by atoms with Crippen LogP contribution in [0.5, 0.6) is 0 Å². The number of primary amides is 1. The SMILES string of the molecule is CC(C)(C)OC(=O)N1CCC(C(=S)NCC(C)(C)OC(=O)N2CCC(C(N)=O)C2)C1. The lowest BCUT2D eigenvalue weighted by atomic mass is 10.1. The molecule has 3 amide bonds. The van der Waals surface area contributed by atoms with Gasteiger partial charge in [-0.1, -0.05) is 12.2 Å². The number of thiocarbonyl (C=S) groups is 1. The molecule has 2 heterocycles. The van der Waals surface area contributed by atoms with Crippen LogP contribution in [0.3, 0.4) is 0 Å². The first-order valence-corrected chi connectivity index (χ1v) is 10.7. The van der Waals surface area contributed by atoms with Crippen molar-refractivity contribution in [2.75, 3.05) is 32.7 Å². The smallest absolute Gasteiger partial charge is 0.410 e. The summed E-state index contributed by atoms with van der Waals surface area (Å²) in [5.41, 5.74) is 3.98. The highest BCUT2D eigenvalue weighted by Crippen LogP contribution is 2.22. The van der Waals surface area contributed by atoms with Crippen LogP contribution in [-0.4, -0.2) is 76.8 Å². The summed E-state index contributed by atoms with van der Waals surface area (Å²) in [6.45, 7) is 11.3. The fourth-order valence-corrected chi connectivity index (χ4v) is 3.67. The van der Waals surface area contributed by atoms with Gasteiger partial charge in [-0.05, 0) is 47.5 Å². The van der Waals surface area contributed by atoms with E-state index in [1.165, 1.54) is 4.90 Å². The molecule has 0 radical (unpaired) electrons. The van der Waals surface area contributed by atoms with Crippen LogP contribution in [0.15, 0.2) is 0 Å². The van der Waals surface area contributed by atoms with E-state index in [1.54, 1.807) is 18.7 Å². The second-order valence-electron chi connectivity index (χ2n) is 9.59. The minimum absolute atomic E-state index is 0.0360. The molecule has 0 saturated carbocycles. The van der Waals surface area contributed by atoms with Crippen molar-refractivity contribution in [2.45, 2.75) is 58.7 Å². The first-order chi connectivity index (χ1) is 13.8. The van der Waals surface area contributed by atoms with Gasteiger partial charge in [-0.25, -0.2) is 9.59 Å². The second kappa shape index (κ2) is 9.36. The van der Waals surface area contributed by atoms with Gasteiger partial charge in [0.1, 0.15) is 11.2 Å². The zero-order valence-corrected chi connectivity index (χ0v) is 19.3. The van der Waals surface area contributed by atoms with E-state index in [0.29, 0.717) is 44.1 Å². The molecule has 2 rings (SSSR count). The number of nitrogens with one attached hydrogen (secondary N) is 1. The summed E-state index contributed by atoms with van der Waals surface area (Å²) in [7, 11) is 0. The zero-order valence-electron chi connectivity index (χ0n) is 18.5. The van der Waals surface area contributed by atoms with Crippen LogP contribution in [0.1, 0.15) is 47.5 Å². The summed E-state index contributed by atoms with van der Waals surface area (Å²) in [6.07, 6.45) is 0.520. The maximum atomic E-state index is 12.4. The first-order valence-electron chi connectivity index (χ1n) is 10.3. The predicted octanol–water partition coefficient (Wildman–Crippen LogP) is 1.88. The molecule has 30 heavy (non-hydrogen) atoms. The van der Waals surface area contributed by atoms with Gasteiger partial charge in [0.05, 0.1) is 17.5 Å². The van der Waals surface area contributed by atoms with E-state index < -0.39 is 23.2 Å². The molecule has 2 aliphatic heterocycles. The number of ether oxygens (including phenoxy) is 2. The van der Waals surface area contributed by atoms with E-state index in [9.17, 15) is 14.4 Å². The molecule has 3 N–H and O–H groups in total. The lowest BCUT2D eigenvalue weighted by Crippen LogP contribution is -2.46. The number of hydrogen-bond donors (Lipinski definition) is 2. The molecule has 170 valence electrons. The predicted molar refractivity (Wildman–Crippen MR) is 116 cm³/mol. The average Bonchev–Trinajstić information content (AvgIpc) is 3.27. The summed E-state index contributed by atoms with van der Waals surface area (Å²) in [6, 6.07) is 0. The summed E-state index contributed by atoms with van der Waals surface area (Å²) in [5.74, 6) is -0.677. The quantitative estimate of drug-likeness (QED) is 0.625. The Labute approximate surface area is 183 Å². The van der Waals surface area contributed by atoms with E-state index in [-0.39, 0.29) is 17.9 Å². The molecule has 0 aromatic heterocycles. The molecule has 10 heteroatoms. The molecule has 2 atom stereocenters. The Morgan fingerprint density at radius 2 is 1.47 bits per heavy atom. The van der Waals surface area contributed by atoms with Crippen molar-refractivity contribution in [3.8, 4) is 0 Å². The normalized spacial score (nSPS) is 22.0. The van der Waals surface area contributed by atoms with Crippen LogP contribution in [0, 0.1) is 11.8 Å². The molecule has 2 unspecified atom stereocenters. The second-order valence-corrected chi connectivity index (χ2v) is 10.0. The molecule has 0 spiro atoms. The van der Waals surface area contributed by atoms with Crippen LogP contribution in [0.4, 0.5) is 9.59 Å². The zero-order chi connectivity index (χ0) is 22.7. The van der Waals surface area contributed by atoms with E-state index >= 15 is 0 Å². The van der Waals surface area contributed by atoms with Crippen molar-refractivity contribution in [3.05, 3.63) is 0 Å². The molecule has 2 saturated heterocycles. The van der Waals surface area contributed by atoms with E-state index in [4.69, 9.17) is 27.4 Å². The summed E-state index contributed by atoms with van der Waals surface area (Å²) >= 11 is 5.50. The molecule has 2 aliphatic rings. The number of hydrogen-bond acceptors (Lipinski definition) is 6. The van der Waals surface area contributed by atoms with Gasteiger partial charge < -0.3 is 30.3 Å². The minimum Gasteiger partial charge on any atom is -0.444 e. The number of nitrogens with zero attached hydrogens (tertiary/aromatic N) is 2. The van der Waals surface area contributed by atoms with Gasteiger partial charge in [-0.15, -0.1) is 0 Å². The number of amides is 3. The van der Waals surface area contributed by atoms with Crippen molar-refractivity contribution >= 4 is 35.3 Å². The highest BCUT2D eigenvalue weighted by molar-refractivity contribution is 7.80. The standard InChI is InChI=1S/C20H34N4O5S/c1-19(2,3)28-17(26)24-9-7-14(11-24)16(30)22-12-20(4,5)29-18(27)23-8-6-13(10-23)15(21)25/h13-14H,6-12H2,1-5H3,(H2,21,25)(H,22,30). The minimum atomic E-state index is -0.796. The number of nitrogens with two attached hydrogens (primary N) is 1. The topological polar surface area (TPSA) is 114 Å². The van der Waals surface area contributed by atoms with Crippen LogP contribution in [-0.2, 0) is 14.3 Å². The van der Waals surface area contributed by atoms with E-state index in [2.05, 4.69) is 5.32 Å². The average molecular weight is 443 g/mol. The van der Waals surface area contributed by atoms with Crippen LogP contribution < -0.4 is 11.1 Å². The number of rotatable bonds is 5. The highest BCUT2D eigenvalue weighted by atomic mass is 32.1. The maximum absolute atomic E-state index is 12.4. The van der Waals surface area contributed by atoms with E-state index in [0.717, 1.165) is 6.42 Å². The lowest BCUT2D eigenvalue weighted by molar-refractivity contribution is -0.121. The van der Waals surface area contributed by atoms with Crippen molar-refractivity contribution in [1.82, 2.24) is 15.1 Å². The van der Waals surface area contributed by atoms with Gasteiger partial charge >= 0.3 is 12.2 Å². The Hall–Kier alpha value is -2.10. The maximum Gasteiger partial charge on any atom is 0.410 e. The lowest BCUT2D eigenvalue weighted by Gasteiger charge is -2.29. The fraction of sp³-hybridized carbons (Fsp3) is 0.800. The molecule has 0 aromatic rings. The molecule has 9 nitrogen and oxygen atoms in total. The number of carbonyl (C=O) groups is 3. The largest absolute Gasteiger partial charge is 0.444 e. The van der Waals surface area contributed by atoms with Crippen molar-refractivity contribution in [3.63, 3.8) is 0 Å². The van der Waals surface area contributed by atoms with Gasteiger partial charge in [0.2, 0.25) is 5.91 Å². The Balaban J connectivity index is 1.77. The van der Waals surface area contributed by atoms with Crippen LogP contribution in [0.25, 0.3) is 0 Å². The monoisotopic (exact) mass is 442 g/mol. The van der Waals surface area contributed by atoms with Gasteiger partial charge in [0, 0.05) is 32.1 Å².